The highest BCUT2D eigenvalue weighted by molar-refractivity contribution is 7.10. The van der Waals surface area contributed by atoms with Crippen molar-refractivity contribution in [3.05, 3.63) is 123 Å². The number of aryl methyl sites for hydroxylation is 2. The third-order valence-corrected chi connectivity index (χ3v) is 8.32. The van der Waals surface area contributed by atoms with Crippen LogP contribution in [0.1, 0.15) is 49.4 Å². The molecule has 0 radical (unpaired) electrons. The van der Waals surface area contributed by atoms with E-state index in [2.05, 4.69) is 11.4 Å². The number of hydrogen-bond acceptors (Lipinski definition) is 5. The molecule has 0 spiro atoms. The minimum absolute atomic E-state index is 0.246. The van der Waals surface area contributed by atoms with Crippen LogP contribution in [0.3, 0.4) is 0 Å². The molecule has 2 N–H and O–H groups in total. The van der Waals surface area contributed by atoms with Crippen molar-refractivity contribution >= 4 is 34.8 Å². The van der Waals surface area contributed by atoms with E-state index in [0.29, 0.717) is 27.3 Å². The Labute approximate surface area is 236 Å². The zero-order valence-electron chi connectivity index (χ0n) is 21.9. The topological polar surface area (TPSA) is 110 Å². The number of rotatable bonds is 6. The predicted molar refractivity (Wildman–Crippen MR) is 153 cm³/mol. The first-order valence-corrected chi connectivity index (χ1v) is 13.7. The minimum atomic E-state index is -1.32. The molecule has 5 rings (SSSR count). The van der Waals surface area contributed by atoms with Crippen LogP contribution in [-0.2, 0) is 4.79 Å². The van der Waals surface area contributed by atoms with Gasteiger partial charge in [-0.25, -0.2) is 9.59 Å². The predicted octanol–water partition coefficient (Wildman–Crippen LogP) is 6.56. The molecule has 40 heavy (non-hydrogen) atoms. The van der Waals surface area contributed by atoms with Crippen molar-refractivity contribution in [3.63, 3.8) is 0 Å². The average molecular weight is 550 g/mol. The molecule has 0 bridgehead atoms. The van der Waals surface area contributed by atoms with Crippen molar-refractivity contribution in [2.45, 2.75) is 31.8 Å². The van der Waals surface area contributed by atoms with E-state index in [1.165, 1.54) is 16.2 Å². The van der Waals surface area contributed by atoms with Gasteiger partial charge in [0, 0.05) is 22.0 Å². The molecule has 200 valence electrons. The van der Waals surface area contributed by atoms with E-state index < -0.39 is 35.9 Å². The number of nitrogens with one attached hydrogen (secondary N) is 1. The lowest BCUT2D eigenvalue weighted by molar-refractivity contribution is -0.142. The van der Waals surface area contributed by atoms with Crippen LogP contribution in [0.25, 0.3) is 0 Å². The summed E-state index contributed by atoms with van der Waals surface area (Å²) in [7, 11) is 0. The molecule has 1 saturated heterocycles. The number of nitrogens with zero attached hydrogens (tertiary/aromatic N) is 2. The van der Waals surface area contributed by atoms with Gasteiger partial charge in [-0.1, -0.05) is 65.7 Å². The van der Waals surface area contributed by atoms with Crippen molar-refractivity contribution in [1.29, 1.82) is 5.26 Å². The van der Waals surface area contributed by atoms with E-state index in [1.54, 1.807) is 48.5 Å². The van der Waals surface area contributed by atoms with Crippen molar-refractivity contribution in [2.24, 2.45) is 5.92 Å². The van der Waals surface area contributed by atoms with E-state index in [1.807, 2.05) is 55.6 Å². The van der Waals surface area contributed by atoms with Gasteiger partial charge in [-0.15, -0.1) is 11.3 Å². The fourth-order valence-corrected chi connectivity index (χ4v) is 6.32. The Balaban J connectivity index is 1.69. The summed E-state index contributed by atoms with van der Waals surface area (Å²) in [5.41, 5.74) is 3.96. The number of amides is 2. The first-order chi connectivity index (χ1) is 19.3. The number of thiophene rings is 1. The summed E-state index contributed by atoms with van der Waals surface area (Å²) in [4.78, 5) is 43.3. The van der Waals surface area contributed by atoms with Gasteiger partial charge in [0.25, 0.3) is 0 Å². The maximum Gasteiger partial charge on any atom is 0.327 e. The molecule has 1 fully saturated rings. The molecule has 7 nitrogen and oxygen atoms in total. The number of ketones is 1. The average Bonchev–Trinajstić information content (AvgIpc) is 3.61. The standard InChI is InChI=1S/C32H27N3O4S/c1-19-5-11-23(12-6-19)30(36)27-26(25-4-3-17-40-25)29(31(37)38)35(28(27)22-13-9-21(18-33)10-14-22)32(39)34-24-15-7-20(2)8-16-24/h3-17,26-29H,1-2H3,(H,34,39)(H,37,38). The summed E-state index contributed by atoms with van der Waals surface area (Å²) in [5.74, 6) is -3.13. The van der Waals surface area contributed by atoms with E-state index in [4.69, 9.17) is 0 Å². The SMILES string of the molecule is Cc1ccc(NC(=O)N2C(C(=O)O)C(c3cccs3)C(C(=O)c3ccc(C)cc3)C2c2ccc(C#N)cc2)cc1. The summed E-state index contributed by atoms with van der Waals surface area (Å²) in [5, 5.41) is 24.6. The molecular formula is C32H27N3O4S. The number of likely N-dealkylation sites (tertiary alicyclic amines) is 1. The Morgan fingerprint density at radius 2 is 1.52 bits per heavy atom. The van der Waals surface area contributed by atoms with Gasteiger partial charge in [-0.2, -0.15) is 5.26 Å². The van der Waals surface area contributed by atoms with Gasteiger partial charge in [0.2, 0.25) is 0 Å². The number of Topliss-reactive ketones (excluding diaryl/α,β-unsaturated/α-hetero) is 1. The molecule has 4 atom stereocenters. The van der Waals surface area contributed by atoms with Gasteiger partial charge in [-0.05, 0) is 55.1 Å². The summed E-state index contributed by atoms with van der Waals surface area (Å²) >= 11 is 1.37. The maximum absolute atomic E-state index is 14.3. The second kappa shape index (κ2) is 11.2. The number of carboxylic acids is 1. The summed E-state index contributed by atoms with van der Waals surface area (Å²) in [6.07, 6.45) is 0. The second-order valence-corrected chi connectivity index (χ2v) is 10.9. The normalized spacial score (nSPS) is 20.1. The number of anilines is 1. The Bertz CT molecular complexity index is 1570. The smallest absolute Gasteiger partial charge is 0.327 e. The van der Waals surface area contributed by atoms with E-state index in [0.717, 1.165) is 11.1 Å². The van der Waals surface area contributed by atoms with Crippen LogP contribution in [0.5, 0.6) is 0 Å². The third kappa shape index (κ3) is 5.12. The fraction of sp³-hybridized carbons (Fsp3) is 0.188. The first-order valence-electron chi connectivity index (χ1n) is 12.8. The molecule has 0 saturated carbocycles. The first kappa shape index (κ1) is 26.9. The molecule has 8 heteroatoms. The second-order valence-electron chi connectivity index (χ2n) is 9.96. The highest BCUT2D eigenvalue weighted by Crippen LogP contribution is 2.52. The molecule has 2 heterocycles. The number of aliphatic carboxylic acids is 1. The molecule has 4 aromatic rings. The number of nitriles is 1. The molecule has 2 amide bonds. The lowest BCUT2D eigenvalue weighted by atomic mass is 9.78. The van der Waals surface area contributed by atoms with Crippen LogP contribution in [0.4, 0.5) is 10.5 Å². The van der Waals surface area contributed by atoms with Crippen molar-refractivity contribution in [1.82, 2.24) is 4.90 Å². The van der Waals surface area contributed by atoms with Crippen molar-refractivity contribution in [2.75, 3.05) is 5.32 Å². The van der Waals surface area contributed by atoms with Crippen LogP contribution in [0.2, 0.25) is 0 Å². The molecule has 1 aliphatic heterocycles. The molecule has 0 aliphatic carbocycles. The zero-order chi connectivity index (χ0) is 28.4. The maximum atomic E-state index is 14.3. The quantitative estimate of drug-likeness (QED) is 0.265. The van der Waals surface area contributed by atoms with Gasteiger partial charge in [0.1, 0.15) is 6.04 Å². The highest BCUT2D eigenvalue weighted by atomic mass is 32.1. The Morgan fingerprint density at radius 3 is 2.08 bits per heavy atom. The van der Waals surface area contributed by atoms with E-state index >= 15 is 0 Å². The van der Waals surface area contributed by atoms with Crippen LogP contribution in [0, 0.1) is 31.1 Å². The van der Waals surface area contributed by atoms with Gasteiger partial charge >= 0.3 is 12.0 Å². The van der Waals surface area contributed by atoms with Gasteiger partial charge in [-0.3, -0.25) is 4.79 Å². The molecule has 3 aromatic carbocycles. The minimum Gasteiger partial charge on any atom is -0.480 e. The van der Waals surface area contributed by atoms with Crippen LogP contribution >= 0.6 is 11.3 Å². The van der Waals surface area contributed by atoms with Crippen molar-refractivity contribution < 1.29 is 19.5 Å². The molecule has 4 unspecified atom stereocenters. The number of urea groups is 1. The van der Waals surface area contributed by atoms with Crippen LogP contribution in [0.15, 0.2) is 90.3 Å². The monoisotopic (exact) mass is 549 g/mol. The largest absolute Gasteiger partial charge is 0.480 e. The molecular weight excluding hydrogens is 522 g/mol. The Morgan fingerprint density at radius 1 is 0.900 bits per heavy atom. The van der Waals surface area contributed by atoms with E-state index in [9.17, 15) is 24.8 Å². The molecule has 1 aromatic heterocycles. The fourth-order valence-electron chi connectivity index (χ4n) is 5.42. The van der Waals surface area contributed by atoms with E-state index in [-0.39, 0.29) is 5.78 Å². The van der Waals surface area contributed by atoms with Gasteiger partial charge in [0.15, 0.2) is 5.78 Å². The number of carboxylic acid groups (broad SMARTS) is 1. The number of carbonyl (C=O) groups excluding carboxylic acids is 2. The van der Waals surface area contributed by atoms with Crippen LogP contribution in [-0.4, -0.2) is 33.8 Å². The lowest BCUT2D eigenvalue weighted by Gasteiger charge is -2.30. The van der Waals surface area contributed by atoms with Crippen LogP contribution < -0.4 is 5.32 Å². The highest BCUT2D eigenvalue weighted by Gasteiger charge is 2.58. The Kier molecular flexibility index (Phi) is 7.50. The summed E-state index contributed by atoms with van der Waals surface area (Å²) in [6, 6.07) is 23.9. The number of hydrogen-bond donors (Lipinski definition) is 2. The number of benzene rings is 3. The zero-order valence-corrected chi connectivity index (χ0v) is 22.8. The summed E-state index contributed by atoms with van der Waals surface area (Å²) < 4.78 is 0. The lowest BCUT2D eigenvalue weighted by Crippen LogP contribution is -2.45. The summed E-state index contributed by atoms with van der Waals surface area (Å²) in [6.45, 7) is 3.86. The Hall–Kier alpha value is -4.74. The number of carbonyl (C=O) groups is 3. The van der Waals surface area contributed by atoms with Crippen molar-refractivity contribution in [3.8, 4) is 6.07 Å². The van der Waals surface area contributed by atoms with Gasteiger partial charge in [0.05, 0.1) is 23.6 Å². The van der Waals surface area contributed by atoms with Gasteiger partial charge < -0.3 is 15.3 Å². The molecule has 1 aliphatic rings. The third-order valence-electron chi connectivity index (χ3n) is 7.35.